The van der Waals surface area contributed by atoms with E-state index >= 15 is 0 Å². The molecule has 8 nitrogen and oxygen atoms in total. The lowest BCUT2D eigenvalue weighted by Gasteiger charge is -2.13. The van der Waals surface area contributed by atoms with Gasteiger partial charge >= 0.3 is 0 Å². The summed E-state index contributed by atoms with van der Waals surface area (Å²) in [6, 6.07) is 2.89. The lowest BCUT2D eigenvalue weighted by molar-refractivity contribution is -0.116. The van der Waals surface area contributed by atoms with E-state index in [2.05, 4.69) is 15.5 Å². The van der Waals surface area contributed by atoms with Crippen molar-refractivity contribution in [3.8, 4) is 18.3 Å². The number of hydrogen-bond donors (Lipinski definition) is 0. The molecule has 0 amide bonds. The van der Waals surface area contributed by atoms with Gasteiger partial charge in [0.1, 0.15) is 30.9 Å². The van der Waals surface area contributed by atoms with Crippen molar-refractivity contribution in [1.29, 1.82) is 0 Å². The van der Waals surface area contributed by atoms with E-state index in [1.807, 2.05) is 6.11 Å². The maximum Gasteiger partial charge on any atom is 0.201 e. The number of aromatic nitrogens is 4. The summed E-state index contributed by atoms with van der Waals surface area (Å²) in [5, 5.41) is 11.0. The third-order valence-corrected chi connectivity index (χ3v) is 4.63. The maximum absolute atomic E-state index is 12.9. The highest BCUT2D eigenvalue weighted by molar-refractivity contribution is 6.41. The summed E-state index contributed by atoms with van der Waals surface area (Å²) in [6.07, 6.45) is 10.8. The van der Waals surface area contributed by atoms with Gasteiger partial charge < -0.3 is 9.47 Å². The molecule has 3 rings (SSSR count). The summed E-state index contributed by atoms with van der Waals surface area (Å²) in [6.45, 7) is 0.505. The van der Waals surface area contributed by atoms with Gasteiger partial charge in [0, 0.05) is 11.5 Å². The molecule has 10 heteroatoms. The molecule has 0 N–H and O–H groups in total. The standard InChI is InChI=1S/C18H14Cl2N4O4/c1-2-27-9-13(16(25)11-3-4-11)17(26)12-5-6-14(19)18(15(12)20)28-8-7-24-10-21-22-23-24/h1,5-6,9-11H,3-4,7-8H2/b13-9+. The number of ether oxygens (including phenoxy) is 2. The van der Waals surface area contributed by atoms with Gasteiger partial charge in [-0.2, -0.15) is 0 Å². The van der Waals surface area contributed by atoms with Crippen LogP contribution in [-0.4, -0.2) is 38.4 Å². The minimum atomic E-state index is -0.612. The summed E-state index contributed by atoms with van der Waals surface area (Å²) in [7, 11) is 0. The third kappa shape index (κ3) is 4.50. The van der Waals surface area contributed by atoms with Gasteiger partial charge in [0.05, 0.1) is 16.6 Å². The predicted octanol–water partition coefficient (Wildman–Crippen LogP) is 2.71. The SMILES string of the molecule is C#CO/C=C(/C(=O)c1ccc(Cl)c(OCCn2cnnn2)c1Cl)C(=O)C1CC1. The molecule has 1 aliphatic carbocycles. The van der Waals surface area contributed by atoms with Gasteiger partial charge in [-0.05, 0) is 35.4 Å². The fourth-order valence-corrected chi connectivity index (χ4v) is 2.96. The number of carbonyl (C=O) groups excluding carboxylic acids is 2. The van der Waals surface area contributed by atoms with E-state index < -0.39 is 5.78 Å². The van der Waals surface area contributed by atoms with Gasteiger partial charge in [0.25, 0.3) is 0 Å². The third-order valence-electron chi connectivity index (χ3n) is 3.95. The van der Waals surface area contributed by atoms with Crippen molar-refractivity contribution in [2.45, 2.75) is 19.4 Å². The van der Waals surface area contributed by atoms with Crippen LogP contribution in [0.15, 0.2) is 30.3 Å². The van der Waals surface area contributed by atoms with Crippen LogP contribution in [0.3, 0.4) is 0 Å². The molecular formula is C18H14Cl2N4O4. The number of ketones is 2. The molecule has 0 bridgehead atoms. The quantitative estimate of drug-likeness (QED) is 0.153. The van der Waals surface area contributed by atoms with Crippen molar-refractivity contribution >= 4 is 34.8 Å². The van der Waals surface area contributed by atoms with Gasteiger partial charge in [-0.3, -0.25) is 9.59 Å². The number of allylic oxidation sites excluding steroid dienone is 1. The molecule has 0 saturated heterocycles. The molecule has 1 aliphatic rings. The highest BCUT2D eigenvalue weighted by atomic mass is 35.5. The number of carbonyl (C=O) groups is 2. The van der Waals surface area contributed by atoms with Crippen molar-refractivity contribution in [3.05, 3.63) is 45.9 Å². The molecule has 144 valence electrons. The monoisotopic (exact) mass is 420 g/mol. The van der Waals surface area contributed by atoms with Crippen molar-refractivity contribution in [1.82, 2.24) is 20.2 Å². The van der Waals surface area contributed by atoms with Gasteiger partial charge in [-0.15, -0.1) is 5.10 Å². The molecule has 1 fully saturated rings. The molecule has 0 radical (unpaired) electrons. The normalized spacial score (nSPS) is 13.7. The Morgan fingerprint density at radius 3 is 2.79 bits per heavy atom. The highest BCUT2D eigenvalue weighted by Gasteiger charge is 2.36. The van der Waals surface area contributed by atoms with Crippen LogP contribution in [0.4, 0.5) is 0 Å². The first-order valence-electron chi connectivity index (χ1n) is 8.24. The number of nitrogens with zero attached hydrogens (tertiary/aromatic N) is 4. The second-order valence-electron chi connectivity index (χ2n) is 5.89. The topological polar surface area (TPSA) is 96.2 Å². The number of terminal acetylenes is 1. The predicted molar refractivity (Wildman–Crippen MR) is 99.8 cm³/mol. The van der Waals surface area contributed by atoms with E-state index in [0.29, 0.717) is 6.54 Å². The molecule has 1 aromatic carbocycles. The Morgan fingerprint density at radius 1 is 1.36 bits per heavy atom. The van der Waals surface area contributed by atoms with Crippen molar-refractivity contribution in [2.24, 2.45) is 5.92 Å². The van der Waals surface area contributed by atoms with E-state index in [1.54, 1.807) is 0 Å². The van der Waals surface area contributed by atoms with E-state index in [0.717, 1.165) is 19.1 Å². The van der Waals surface area contributed by atoms with Crippen LogP contribution in [0.1, 0.15) is 23.2 Å². The summed E-state index contributed by atoms with van der Waals surface area (Å²) in [4.78, 5) is 25.4. The van der Waals surface area contributed by atoms with Crippen LogP contribution in [0.2, 0.25) is 10.0 Å². The zero-order valence-corrected chi connectivity index (χ0v) is 16.0. The average molecular weight is 421 g/mol. The van der Waals surface area contributed by atoms with Crippen molar-refractivity contribution in [2.75, 3.05) is 6.61 Å². The van der Waals surface area contributed by atoms with Gasteiger partial charge in [-0.25, -0.2) is 4.68 Å². The summed E-state index contributed by atoms with van der Waals surface area (Å²) in [5.74, 6) is -1.01. The number of Topliss-reactive ketones (excluding diaryl/α,β-unsaturated/α-hetero) is 2. The average Bonchev–Trinajstić information content (AvgIpc) is 3.41. The molecule has 1 saturated carbocycles. The molecular weight excluding hydrogens is 407 g/mol. The first-order valence-corrected chi connectivity index (χ1v) is 9.00. The first kappa shape index (κ1) is 19.9. The van der Waals surface area contributed by atoms with Gasteiger partial charge in [-0.1, -0.05) is 29.6 Å². The Balaban J connectivity index is 1.83. The molecule has 1 aromatic heterocycles. The second kappa shape index (κ2) is 8.87. The zero-order chi connectivity index (χ0) is 20.1. The van der Waals surface area contributed by atoms with Crippen LogP contribution in [0.25, 0.3) is 0 Å². The Bertz CT molecular complexity index is 963. The number of rotatable bonds is 9. The van der Waals surface area contributed by atoms with Crippen LogP contribution in [0.5, 0.6) is 5.75 Å². The lowest BCUT2D eigenvalue weighted by atomic mass is 9.98. The molecule has 0 aliphatic heterocycles. The van der Waals surface area contributed by atoms with Gasteiger partial charge in [0.15, 0.2) is 11.5 Å². The minimum absolute atomic E-state index is 0.00980. The van der Waals surface area contributed by atoms with E-state index in [4.69, 9.17) is 39.1 Å². The van der Waals surface area contributed by atoms with Crippen LogP contribution >= 0.6 is 23.2 Å². The lowest BCUT2D eigenvalue weighted by Crippen LogP contribution is -2.16. The van der Waals surface area contributed by atoms with Crippen LogP contribution in [-0.2, 0) is 16.1 Å². The number of tetrazole rings is 1. The second-order valence-corrected chi connectivity index (χ2v) is 6.68. The summed E-state index contributed by atoms with van der Waals surface area (Å²) in [5.41, 5.74) is -0.103. The number of benzene rings is 1. The van der Waals surface area contributed by atoms with E-state index in [-0.39, 0.29) is 45.2 Å². The first-order chi connectivity index (χ1) is 13.5. The van der Waals surface area contributed by atoms with Gasteiger partial charge in [0.2, 0.25) is 5.78 Å². The zero-order valence-electron chi connectivity index (χ0n) is 14.5. The minimum Gasteiger partial charge on any atom is -0.488 e. The Labute approximate surface area is 170 Å². The molecule has 2 aromatic rings. The Kier molecular flexibility index (Phi) is 6.29. The maximum atomic E-state index is 12.9. The molecule has 0 spiro atoms. The van der Waals surface area contributed by atoms with Crippen molar-refractivity contribution in [3.63, 3.8) is 0 Å². The smallest absolute Gasteiger partial charge is 0.201 e. The largest absolute Gasteiger partial charge is 0.488 e. The summed E-state index contributed by atoms with van der Waals surface area (Å²) < 4.78 is 11.8. The fourth-order valence-electron chi connectivity index (χ4n) is 2.39. The Hall–Kier alpha value is -2.89. The highest BCUT2D eigenvalue weighted by Crippen LogP contribution is 2.38. The van der Waals surface area contributed by atoms with E-state index in [9.17, 15) is 9.59 Å². The molecule has 1 heterocycles. The molecule has 28 heavy (non-hydrogen) atoms. The fraction of sp³-hybridized carbons (Fsp3) is 0.278. The van der Waals surface area contributed by atoms with Crippen LogP contribution < -0.4 is 4.74 Å². The summed E-state index contributed by atoms with van der Waals surface area (Å²) >= 11 is 12.5. The Morgan fingerprint density at radius 2 is 2.14 bits per heavy atom. The number of halogens is 2. The van der Waals surface area contributed by atoms with Crippen LogP contribution in [0, 0.1) is 18.4 Å². The van der Waals surface area contributed by atoms with Crippen molar-refractivity contribution < 1.29 is 19.1 Å². The molecule has 0 unspecified atom stereocenters. The van der Waals surface area contributed by atoms with E-state index in [1.165, 1.54) is 23.1 Å². The molecule has 0 atom stereocenters. The number of hydrogen-bond acceptors (Lipinski definition) is 7.